The maximum Gasteiger partial charge on any atom is 0.356 e. The van der Waals surface area contributed by atoms with E-state index in [0.29, 0.717) is 11.0 Å². The van der Waals surface area contributed by atoms with Crippen LogP contribution < -0.4 is 0 Å². The highest BCUT2D eigenvalue weighted by Crippen LogP contribution is 2.18. The third-order valence-electron chi connectivity index (χ3n) is 2.05. The van der Waals surface area contributed by atoms with Gasteiger partial charge in [0.05, 0.1) is 23.3 Å². The molecule has 1 aromatic heterocycles. The average Bonchev–Trinajstić information content (AvgIpc) is 2.27. The van der Waals surface area contributed by atoms with Gasteiger partial charge in [-0.3, -0.25) is 0 Å². The van der Waals surface area contributed by atoms with Crippen molar-refractivity contribution in [2.45, 2.75) is 6.61 Å². The quantitative estimate of drug-likeness (QED) is 0.874. The van der Waals surface area contributed by atoms with E-state index in [-0.39, 0.29) is 11.4 Å². The van der Waals surface area contributed by atoms with Gasteiger partial charge in [-0.05, 0) is 18.2 Å². The number of aromatic carboxylic acids is 1. The van der Waals surface area contributed by atoms with E-state index < -0.39 is 12.6 Å². The zero-order chi connectivity index (χ0) is 11.7. The van der Waals surface area contributed by atoms with Crippen molar-refractivity contribution in [2.75, 3.05) is 0 Å². The van der Waals surface area contributed by atoms with Crippen LogP contribution in [0.25, 0.3) is 11.0 Å². The number of aromatic nitrogens is 2. The molecule has 82 valence electrons. The molecule has 0 saturated heterocycles. The van der Waals surface area contributed by atoms with Crippen molar-refractivity contribution in [3.8, 4) is 0 Å². The molecule has 0 aliphatic rings. The molecule has 1 aromatic carbocycles. The van der Waals surface area contributed by atoms with Crippen LogP contribution in [-0.4, -0.2) is 26.2 Å². The van der Waals surface area contributed by atoms with Gasteiger partial charge in [0.15, 0.2) is 5.69 Å². The molecule has 0 spiro atoms. The number of aliphatic hydroxyl groups excluding tert-OH is 1. The average molecular weight is 283 g/mol. The van der Waals surface area contributed by atoms with Crippen molar-refractivity contribution in [3.63, 3.8) is 0 Å². The van der Waals surface area contributed by atoms with E-state index >= 15 is 0 Å². The first-order chi connectivity index (χ1) is 7.61. The SMILES string of the molecule is O=C(O)c1nc2cc(Br)ccc2nc1CO. The van der Waals surface area contributed by atoms with Crippen LogP contribution in [0.2, 0.25) is 0 Å². The Morgan fingerprint density at radius 3 is 2.69 bits per heavy atom. The number of fused-ring (bicyclic) bond motifs is 1. The lowest BCUT2D eigenvalue weighted by atomic mass is 10.2. The van der Waals surface area contributed by atoms with Gasteiger partial charge in [-0.25, -0.2) is 14.8 Å². The monoisotopic (exact) mass is 282 g/mol. The molecule has 6 heteroatoms. The van der Waals surface area contributed by atoms with Crippen molar-refractivity contribution in [1.82, 2.24) is 9.97 Å². The van der Waals surface area contributed by atoms with E-state index in [1.165, 1.54) is 0 Å². The normalized spacial score (nSPS) is 10.6. The summed E-state index contributed by atoms with van der Waals surface area (Å²) < 4.78 is 0.794. The summed E-state index contributed by atoms with van der Waals surface area (Å²) in [5.74, 6) is -1.20. The topological polar surface area (TPSA) is 83.3 Å². The largest absolute Gasteiger partial charge is 0.476 e. The first kappa shape index (κ1) is 11.0. The number of hydrogen-bond donors (Lipinski definition) is 2. The van der Waals surface area contributed by atoms with Gasteiger partial charge in [-0.15, -0.1) is 0 Å². The van der Waals surface area contributed by atoms with Crippen LogP contribution in [0.1, 0.15) is 16.2 Å². The molecule has 0 unspecified atom stereocenters. The Hall–Kier alpha value is -1.53. The molecule has 16 heavy (non-hydrogen) atoms. The molecule has 1 heterocycles. The summed E-state index contributed by atoms with van der Waals surface area (Å²) >= 11 is 3.27. The molecule has 2 rings (SSSR count). The number of aliphatic hydroxyl groups is 1. The zero-order valence-electron chi connectivity index (χ0n) is 8.01. The number of nitrogens with zero attached hydrogens (tertiary/aromatic N) is 2. The molecule has 0 aliphatic carbocycles. The van der Waals surface area contributed by atoms with Gasteiger partial charge in [0, 0.05) is 4.47 Å². The van der Waals surface area contributed by atoms with Crippen LogP contribution in [0.4, 0.5) is 0 Å². The van der Waals surface area contributed by atoms with Crippen LogP contribution in [0.5, 0.6) is 0 Å². The number of carboxylic acid groups (broad SMARTS) is 1. The predicted octanol–water partition coefficient (Wildman–Crippen LogP) is 1.58. The third-order valence-corrected chi connectivity index (χ3v) is 2.54. The molecule has 0 saturated carbocycles. The lowest BCUT2D eigenvalue weighted by molar-refractivity contribution is 0.0686. The van der Waals surface area contributed by atoms with E-state index in [1.807, 2.05) is 0 Å². The standard InChI is InChI=1S/C10H7BrN2O3/c11-5-1-2-6-7(3-5)13-9(10(15)16)8(4-14)12-6/h1-3,14H,4H2,(H,15,16). The van der Waals surface area contributed by atoms with Crippen LogP contribution >= 0.6 is 15.9 Å². The predicted molar refractivity (Wildman–Crippen MR) is 60.1 cm³/mol. The van der Waals surface area contributed by atoms with E-state index in [9.17, 15) is 4.79 Å². The smallest absolute Gasteiger partial charge is 0.356 e. The molecule has 0 amide bonds. The number of carboxylic acids is 1. The summed E-state index contributed by atoms with van der Waals surface area (Å²) in [7, 11) is 0. The van der Waals surface area contributed by atoms with Gasteiger partial charge >= 0.3 is 5.97 Å². The number of halogens is 1. The molecule has 0 atom stereocenters. The molecule has 0 bridgehead atoms. The van der Waals surface area contributed by atoms with Crippen LogP contribution in [0, 0.1) is 0 Å². The van der Waals surface area contributed by atoms with Crippen LogP contribution in [-0.2, 0) is 6.61 Å². The van der Waals surface area contributed by atoms with Gasteiger partial charge in [0.1, 0.15) is 0 Å². The van der Waals surface area contributed by atoms with Gasteiger partial charge in [0.25, 0.3) is 0 Å². The fourth-order valence-corrected chi connectivity index (χ4v) is 1.69. The zero-order valence-corrected chi connectivity index (χ0v) is 9.60. The Balaban J connectivity index is 2.75. The van der Waals surface area contributed by atoms with Gasteiger partial charge < -0.3 is 10.2 Å². The molecule has 2 aromatic rings. The Labute approximate surface area is 98.9 Å². The third kappa shape index (κ3) is 1.89. The van der Waals surface area contributed by atoms with Crippen LogP contribution in [0.3, 0.4) is 0 Å². The van der Waals surface area contributed by atoms with E-state index in [4.69, 9.17) is 10.2 Å². The molecular weight excluding hydrogens is 276 g/mol. The highest BCUT2D eigenvalue weighted by Gasteiger charge is 2.14. The maximum absolute atomic E-state index is 10.9. The molecular formula is C10H7BrN2O3. The van der Waals surface area contributed by atoms with Crippen molar-refractivity contribution in [1.29, 1.82) is 0 Å². The van der Waals surface area contributed by atoms with Crippen molar-refractivity contribution in [2.24, 2.45) is 0 Å². The summed E-state index contributed by atoms with van der Waals surface area (Å²) in [6.07, 6.45) is 0. The Kier molecular flexibility index (Phi) is 2.84. The van der Waals surface area contributed by atoms with E-state index in [1.54, 1.807) is 18.2 Å². The lowest BCUT2D eigenvalue weighted by Crippen LogP contribution is -2.08. The summed E-state index contributed by atoms with van der Waals surface area (Å²) in [6, 6.07) is 5.16. The summed E-state index contributed by atoms with van der Waals surface area (Å²) in [5.41, 5.74) is 0.886. The second-order valence-corrected chi connectivity index (χ2v) is 4.03. The molecule has 5 nitrogen and oxygen atoms in total. The number of rotatable bonds is 2. The van der Waals surface area contributed by atoms with E-state index in [2.05, 4.69) is 25.9 Å². The second kappa shape index (κ2) is 4.15. The van der Waals surface area contributed by atoms with Gasteiger partial charge in [-0.1, -0.05) is 15.9 Å². The van der Waals surface area contributed by atoms with Gasteiger partial charge in [0.2, 0.25) is 0 Å². The van der Waals surface area contributed by atoms with Crippen molar-refractivity contribution in [3.05, 3.63) is 34.1 Å². The first-order valence-corrected chi connectivity index (χ1v) is 5.21. The highest BCUT2D eigenvalue weighted by molar-refractivity contribution is 9.10. The fourth-order valence-electron chi connectivity index (χ4n) is 1.35. The minimum Gasteiger partial charge on any atom is -0.476 e. The summed E-state index contributed by atoms with van der Waals surface area (Å²) in [4.78, 5) is 18.9. The minimum absolute atomic E-state index is 0.0716. The van der Waals surface area contributed by atoms with Crippen molar-refractivity contribution < 1.29 is 15.0 Å². The molecule has 0 radical (unpaired) electrons. The second-order valence-electron chi connectivity index (χ2n) is 3.12. The molecule has 2 N–H and O–H groups in total. The minimum atomic E-state index is -1.20. The fraction of sp³-hybridized carbons (Fsp3) is 0.100. The Morgan fingerprint density at radius 2 is 2.06 bits per heavy atom. The number of hydrogen-bond acceptors (Lipinski definition) is 4. The Morgan fingerprint density at radius 1 is 1.31 bits per heavy atom. The van der Waals surface area contributed by atoms with Crippen molar-refractivity contribution >= 4 is 32.9 Å². The maximum atomic E-state index is 10.9. The number of benzene rings is 1. The van der Waals surface area contributed by atoms with E-state index in [0.717, 1.165) is 4.47 Å². The molecule has 0 fully saturated rings. The summed E-state index contributed by atoms with van der Waals surface area (Å²) in [6.45, 7) is -0.444. The molecule has 0 aliphatic heterocycles. The van der Waals surface area contributed by atoms with Crippen LogP contribution in [0.15, 0.2) is 22.7 Å². The highest BCUT2D eigenvalue weighted by atomic mass is 79.9. The first-order valence-electron chi connectivity index (χ1n) is 4.42. The van der Waals surface area contributed by atoms with Gasteiger partial charge in [-0.2, -0.15) is 0 Å². The lowest BCUT2D eigenvalue weighted by Gasteiger charge is -2.04. The number of carbonyl (C=O) groups is 1. The summed E-state index contributed by atoms with van der Waals surface area (Å²) in [5, 5.41) is 17.9. The Bertz CT molecular complexity index is 571.